The Balaban J connectivity index is 1.75. The zero-order chi connectivity index (χ0) is 16.8. The molecule has 0 N–H and O–H groups in total. The second-order valence-electron chi connectivity index (χ2n) is 6.17. The number of nitrogens with zero attached hydrogens (tertiary/aromatic N) is 3. The van der Waals surface area contributed by atoms with Crippen LogP contribution in [0, 0.1) is 0 Å². The van der Waals surface area contributed by atoms with Crippen LogP contribution in [0.15, 0.2) is 35.2 Å². The van der Waals surface area contributed by atoms with Crippen LogP contribution in [0.3, 0.4) is 0 Å². The van der Waals surface area contributed by atoms with Crippen molar-refractivity contribution >= 4 is 5.91 Å². The maximum absolute atomic E-state index is 12.9. The van der Waals surface area contributed by atoms with Crippen LogP contribution in [0.2, 0.25) is 0 Å². The van der Waals surface area contributed by atoms with Crippen LogP contribution >= 0.6 is 0 Å². The summed E-state index contributed by atoms with van der Waals surface area (Å²) in [6.07, 6.45) is 5.82. The highest BCUT2D eigenvalue weighted by Gasteiger charge is 2.29. The lowest BCUT2D eigenvalue weighted by Crippen LogP contribution is -2.36. The molecule has 1 aromatic heterocycles. The summed E-state index contributed by atoms with van der Waals surface area (Å²) in [5.41, 5.74) is 2.08. The molecule has 128 valence electrons. The number of rotatable bonds is 5. The molecular weight excluding hydrogens is 306 g/mol. The zero-order valence-electron chi connectivity index (χ0n) is 14.0. The van der Waals surface area contributed by atoms with E-state index in [1.807, 2.05) is 29.2 Å². The van der Waals surface area contributed by atoms with Crippen molar-refractivity contribution in [2.45, 2.75) is 44.8 Å². The summed E-state index contributed by atoms with van der Waals surface area (Å²) in [5, 5.41) is 3.96. The third-order valence-corrected chi connectivity index (χ3v) is 4.41. The van der Waals surface area contributed by atoms with Gasteiger partial charge < -0.3 is 14.2 Å². The van der Waals surface area contributed by atoms with E-state index in [1.54, 1.807) is 7.11 Å². The van der Waals surface area contributed by atoms with Gasteiger partial charge in [0, 0.05) is 13.7 Å². The van der Waals surface area contributed by atoms with Crippen molar-refractivity contribution in [2.24, 2.45) is 0 Å². The first kappa shape index (κ1) is 16.6. The molecule has 1 aliphatic rings. The number of amides is 1. The summed E-state index contributed by atoms with van der Waals surface area (Å²) in [6.45, 7) is 1.30. The summed E-state index contributed by atoms with van der Waals surface area (Å²) < 4.78 is 10.0. The van der Waals surface area contributed by atoms with Gasteiger partial charge in [-0.05, 0) is 24.0 Å². The standard InChI is InChI=1S/C18H23N3O3/c1-23-12-15-7-5-6-14(10-15)11-17(22)21-9-4-2-3-8-16(21)18-19-13-24-20-18/h5-7,10,13,16H,2-4,8-9,11-12H2,1H3. The highest BCUT2D eigenvalue weighted by molar-refractivity contribution is 5.79. The van der Waals surface area contributed by atoms with E-state index < -0.39 is 0 Å². The Hall–Kier alpha value is -2.21. The molecule has 1 saturated heterocycles. The molecule has 0 saturated carbocycles. The summed E-state index contributed by atoms with van der Waals surface area (Å²) in [7, 11) is 1.67. The fourth-order valence-corrected chi connectivity index (χ4v) is 3.27. The van der Waals surface area contributed by atoms with Gasteiger partial charge in [-0.15, -0.1) is 0 Å². The van der Waals surface area contributed by atoms with E-state index in [1.165, 1.54) is 6.39 Å². The van der Waals surface area contributed by atoms with Gasteiger partial charge in [-0.2, -0.15) is 4.98 Å². The normalized spacial score (nSPS) is 18.4. The predicted molar refractivity (Wildman–Crippen MR) is 88.1 cm³/mol. The minimum Gasteiger partial charge on any atom is -0.380 e. The molecule has 24 heavy (non-hydrogen) atoms. The number of likely N-dealkylation sites (tertiary alicyclic amines) is 1. The fourth-order valence-electron chi connectivity index (χ4n) is 3.27. The Kier molecular flexibility index (Phi) is 5.59. The Morgan fingerprint density at radius 3 is 3.00 bits per heavy atom. The monoisotopic (exact) mass is 329 g/mol. The van der Waals surface area contributed by atoms with E-state index in [0.717, 1.165) is 43.4 Å². The van der Waals surface area contributed by atoms with E-state index >= 15 is 0 Å². The van der Waals surface area contributed by atoms with E-state index in [2.05, 4.69) is 10.1 Å². The maximum Gasteiger partial charge on any atom is 0.227 e. The molecule has 0 radical (unpaired) electrons. The smallest absolute Gasteiger partial charge is 0.227 e. The van der Waals surface area contributed by atoms with E-state index in [4.69, 9.17) is 9.26 Å². The van der Waals surface area contributed by atoms with Crippen LogP contribution in [0.5, 0.6) is 0 Å². The molecule has 1 unspecified atom stereocenters. The molecule has 6 heteroatoms. The topological polar surface area (TPSA) is 68.5 Å². The Labute approximate surface area is 141 Å². The van der Waals surface area contributed by atoms with Gasteiger partial charge >= 0.3 is 0 Å². The number of hydrogen-bond acceptors (Lipinski definition) is 5. The highest BCUT2D eigenvalue weighted by Crippen LogP contribution is 2.28. The van der Waals surface area contributed by atoms with Crippen molar-refractivity contribution in [3.8, 4) is 0 Å². The molecule has 1 amide bonds. The molecule has 2 heterocycles. The van der Waals surface area contributed by atoms with Crippen LogP contribution in [-0.2, 0) is 22.6 Å². The van der Waals surface area contributed by atoms with Crippen LogP contribution in [-0.4, -0.2) is 34.6 Å². The molecule has 1 aliphatic heterocycles. The average molecular weight is 329 g/mol. The molecular formula is C18H23N3O3. The molecule has 6 nitrogen and oxygen atoms in total. The molecule has 0 bridgehead atoms. The number of carbonyl (C=O) groups is 1. The minimum atomic E-state index is -0.0825. The molecule has 1 aromatic carbocycles. The number of benzene rings is 1. The molecule has 1 atom stereocenters. The van der Waals surface area contributed by atoms with Crippen molar-refractivity contribution in [1.29, 1.82) is 0 Å². The minimum absolute atomic E-state index is 0.0825. The zero-order valence-corrected chi connectivity index (χ0v) is 14.0. The average Bonchev–Trinajstić information content (AvgIpc) is 2.99. The predicted octanol–water partition coefficient (Wildman–Crippen LogP) is 2.90. The van der Waals surface area contributed by atoms with Crippen LogP contribution in [0.25, 0.3) is 0 Å². The first-order valence-corrected chi connectivity index (χ1v) is 8.40. The molecule has 2 aromatic rings. The van der Waals surface area contributed by atoms with Crippen LogP contribution in [0.1, 0.15) is 48.7 Å². The Morgan fingerprint density at radius 2 is 2.21 bits per heavy atom. The molecule has 3 rings (SSSR count). The second kappa shape index (κ2) is 8.06. The summed E-state index contributed by atoms with van der Waals surface area (Å²) in [4.78, 5) is 19.0. The van der Waals surface area contributed by atoms with Gasteiger partial charge in [0.15, 0.2) is 5.82 Å². The number of ether oxygens (including phenoxy) is 1. The van der Waals surface area contributed by atoms with Gasteiger partial charge in [0.05, 0.1) is 19.1 Å². The van der Waals surface area contributed by atoms with Gasteiger partial charge in [0.2, 0.25) is 12.3 Å². The van der Waals surface area contributed by atoms with Crippen molar-refractivity contribution in [3.63, 3.8) is 0 Å². The van der Waals surface area contributed by atoms with Crippen molar-refractivity contribution in [3.05, 3.63) is 47.6 Å². The van der Waals surface area contributed by atoms with Gasteiger partial charge in [-0.3, -0.25) is 4.79 Å². The van der Waals surface area contributed by atoms with Crippen LogP contribution < -0.4 is 0 Å². The van der Waals surface area contributed by atoms with Crippen molar-refractivity contribution in [1.82, 2.24) is 15.0 Å². The van der Waals surface area contributed by atoms with Gasteiger partial charge in [0.25, 0.3) is 0 Å². The lowest BCUT2D eigenvalue weighted by atomic mass is 10.1. The van der Waals surface area contributed by atoms with Crippen molar-refractivity contribution in [2.75, 3.05) is 13.7 Å². The first-order valence-electron chi connectivity index (χ1n) is 8.40. The summed E-state index contributed by atoms with van der Waals surface area (Å²) in [5.74, 6) is 0.722. The number of hydrogen-bond donors (Lipinski definition) is 0. The maximum atomic E-state index is 12.9. The lowest BCUT2D eigenvalue weighted by molar-refractivity contribution is -0.133. The molecule has 0 spiro atoms. The SMILES string of the molecule is COCc1cccc(CC(=O)N2CCCCCC2c2ncon2)c1. The Bertz CT molecular complexity index is 657. The largest absolute Gasteiger partial charge is 0.380 e. The van der Waals surface area contributed by atoms with E-state index in [9.17, 15) is 4.79 Å². The third-order valence-electron chi connectivity index (χ3n) is 4.41. The lowest BCUT2D eigenvalue weighted by Gasteiger charge is -2.28. The number of aromatic nitrogens is 2. The van der Waals surface area contributed by atoms with Gasteiger partial charge in [0.1, 0.15) is 0 Å². The third kappa shape index (κ3) is 4.00. The summed E-state index contributed by atoms with van der Waals surface area (Å²) in [6, 6.07) is 7.91. The Morgan fingerprint density at radius 1 is 1.33 bits per heavy atom. The number of carbonyl (C=O) groups excluding carboxylic acids is 1. The van der Waals surface area contributed by atoms with Crippen LogP contribution in [0.4, 0.5) is 0 Å². The van der Waals surface area contributed by atoms with Gasteiger partial charge in [-0.1, -0.05) is 42.3 Å². The molecule has 1 fully saturated rings. The number of methoxy groups -OCH3 is 1. The second-order valence-corrected chi connectivity index (χ2v) is 6.17. The first-order chi connectivity index (χ1) is 11.8. The van der Waals surface area contributed by atoms with E-state index in [0.29, 0.717) is 18.9 Å². The van der Waals surface area contributed by atoms with Gasteiger partial charge in [-0.25, -0.2) is 0 Å². The fraction of sp³-hybridized carbons (Fsp3) is 0.500. The van der Waals surface area contributed by atoms with Crippen molar-refractivity contribution < 1.29 is 14.1 Å². The highest BCUT2D eigenvalue weighted by atomic mass is 16.5. The molecule has 0 aliphatic carbocycles. The summed E-state index contributed by atoms with van der Waals surface area (Å²) >= 11 is 0. The van der Waals surface area contributed by atoms with E-state index in [-0.39, 0.29) is 11.9 Å². The quantitative estimate of drug-likeness (QED) is 0.843.